The first-order chi connectivity index (χ1) is 7.86. The Morgan fingerprint density at radius 2 is 1.56 bits per heavy atom. The van der Waals surface area contributed by atoms with Crippen molar-refractivity contribution in [2.75, 3.05) is 0 Å². The van der Waals surface area contributed by atoms with Crippen LogP contribution in [0.2, 0.25) is 0 Å². The summed E-state index contributed by atoms with van der Waals surface area (Å²) in [6.07, 6.45) is 0. The van der Waals surface area contributed by atoms with Crippen LogP contribution in [0.15, 0.2) is 54.6 Å². The van der Waals surface area contributed by atoms with Crippen LogP contribution in [0.3, 0.4) is 0 Å². The molecule has 1 amide bonds. The van der Waals surface area contributed by atoms with Gasteiger partial charge in [-0.05, 0) is 0 Å². The van der Waals surface area contributed by atoms with Gasteiger partial charge in [0.2, 0.25) is 0 Å². The first-order valence-electron chi connectivity index (χ1n) is 5.11. The summed E-state index contributed by atoms with van der Waals surface area (Å²) in [5.74, 6) is 0.0828. The monoisotopic (exact) mass is 277 g/mol. The van der Waals surface area contributed by atoms with E-state index in [-0.39, 0.29) is 5.91 Å². The van der Waals surface area contributed by atoms with E-state index in [2.05, 4.69) is 22.5 Å². The zero-order valence-electron chi connectivity index (χ0n) is 8.55. The van der Waals surface area contributed by atoms with Crippen molar-refractivity contribution in [2.24, 2.45) is 0 Å². The van der Waals surface area contributed by atoms with E-state index in [1.165, 1.54) is 8.92 Å². The van der Waals surface area contributed by atoms with Crippen LogP contribution in [0.4, 0.5) is 0 Å². The Morgan fingerprint density at radius 1 is 0.875 bits per heavy atom. The summed E-state index contributed by atoms with van der Waals surface area (Å²) in [6, 6.07) is 18.1. The average Bonchev–Trinajstić information content (AvgIpc) is 2.69. The maximum absolute atomic E-state index is 11.8. The zero-order valence-corrected chi connectivity index (χ0v) is 10.4. The molecule has 0 bridgehead atoms. The SMILES string of the molecule is O=C1N[SeH](c2ccccc2)c2ccccc21. The second kappa shape index (κ2) is 3.78. The van der Waals surface area contributed by atoms with Gasteiger partial charge in [-0.1, -0.05) is 0 Å². The molecule has 0 saturated carbocycles. The molecule has 1 aliphatic heterocycles. The summed E-state index contributed by atoms with van der Waals surface area (Å²) in [6.45, 7) is 0. The Kier molecular flexibility index (Phi) is 2.28. The minimum absolute atomic E-state index is 0.0828. The molecule has 1 heterocycles. The van der Waals surface area contributed by atoms with Crippen molar-refractivity contribution < 1.29 is 4.79 Å². The van der Waals surface area contributed by atoms with Gasteiger partial charge < -0.3 is 0 Å². The summed E-state index contributed by atoms with van der Waals surface area (Å²) >= 11 is -1.57. The van der Waals surface area contributed by atoms with E-state index in [0.717, 1.165) is 5.56 Å². The van der Waals surface area contributed by atoms with E-state index in [4.69, 9.17) is 0 Å². The summed E-state index contributed by atoms with van der Waals surface area (Å²) in [4.78, 5) is 11.8. The third-order valence-electron chi connectivity index (χ3n) is 2.62. The summed E-state index contributed by atoms with van der Waals surface area (Å²) in [7, 11) is 0. The fourth-order valence-electron chi connectivity index (χ4n) is 1.86. The molecular weight excluding hydrogens is 265 g/mol. The molecule has 0 saturated heterocycles. The van der Waals surface area contributed by atoms with Crippen LogP contribution in [0.25, 0.3) is 0 Å². The summed E-state index contributed by atoms with van der Waals surface area (Å²) < 4.78 is 5.63. The normalized spacial score (nSPS) is 20.2. The van der Waals surface area contributed by atoms with E-state index in [1.807, 2.05) is 36.4 Å². The average molecular weight is 276 g/mol. The molecule has 1 unspecified atom stereocenters. The topological polar surface area (TPSA) is 29.1 Å². The number of fused-ring (bicyclic) bond motifs is 1. The van der Waals surface area contributed by atoms with Crippen LogP contribution in [-0.4, -0.2) is 20.0 Å². The summed E-state index contributed by atoms with van der Waals surface area (Å²) in [5.41, 5.74) is 0.853. The number of carbonyl (C=O) groups excluding carboxylic acids is 1. The van der Waals surface area contributed by atoms with Gasteiger partial charge in [0.15, 0.2) is 0 Å². The van der Waals surface area contributed by atoms with Gasteiger partial charge in [-0.15, -0.1) is 0 Å². The fraction of sp³-hybridized carbons (Fsp3) is 0. The van der Waals surface area contributed by atoms with Crippen LogP contribution in [0.5, 0.6) is 0 Å². The second-order valence-corrected chi connectivity index (χ2v) is 7.60. The molecule has 1 atom stereocenters. The van der Waals surface area contributed by atoms with Crippen LogP contribution < -0.4 is 13.3 Å². The molecule has 0 aliphatic carbocycles. The van der Waals surface area contributed by atoms with Gasteiger partial charge in [-0.25, -0.2) is 0 Å². The molecule has 0 fully saturated rings. The van der Waals surface area contributed by atoms with E-state index < -0.39 is 14.1 Å². The number of amides is 1. The molecule has 0 aromatic heterocycles. The number of hydrogen-bond donors (Lipinski definition) is 1. The molecule has 16 heavy (non-hydrogen) atoms. The zero-order chi connectivity index (χ0) is 11.0. The molecule has 2 aromatic rings. The van der Waals surface area contributed by atoms with Gasteiger partial charge in [-0.2, -0.15) is 0 Å². The van der Waals surface area contributed by atoms with Crippen molar-refractivity contribution >= 4 is 28.9 Å². The van der Waals surface area contributed by atoms with Crippen molar-refractivity contribution in [1.82, 2.24) is 4.33 Å². The molecule has 0 spiro atoms. The molecule has 2 nitrogen and oxygen atoms in total. The van der Waals surface area contributed by atoms with Crippen LogP contribution in [0.1, 0.15) is 10.4 Å². The van der Waals surface area contributed by atoms with Crippen LogP contribution in [0, 0.1) is 0 Å². The quantitative estimate of drug-likeness (QED) is 0.744. The molecule has 0 radical (unpaired) electrons. The van der Waals surface area contributed by atoms with Crippen LogP contribution in [-0.2, 0) is 0 Å². The molecule has 3 rings (SSSR count). The van der Waals surface area contributed by atoms with Crippen molar-refractivity contribution in [3.05, 3.63) is 60.2 Å². The van der Waals surface area contributed by atoms with Gasteiger partial charge in [0, 0.05) is 0 Å². The van der Waals surface area contributed by atoms with Crippen LogP contribution >= 0.6 is 0 Å². The van der Waals surface area contributed by atoms with E-state index in [0.29, 0.717) is 0 Å². The Morgan fingerprint density at radius 3 is 2.38 bits per heavy atom. The van der Waals surface area contributed by atoms with Crippen molar-refractivity contribution in [2.45, 2.75) is 0 Å². The van der Waals surface area contributed by atoms with Gasteiger partial charge in [0.1, 0.15) is 0 Å². The van der Waals surface area contributed by atoms with Crippen molar-refractivity contribution in [1.29, 1.82) is 0 Å². The van der Waals surface area contributed by atoms with Gasteiger partial charge in [0.05, 0.1) is 0 Å². The molecule has 1 N–H and O–H groups in total. The van der Waals surface area contributed by atoms with Crippen molar-refractivity contribution in [3.63, 3.8) is 0 Å². The van der Waals surface area contributed by atoms with E-state index in [1.54, 1.807) is 0 Å². The third-order valence-corrected chi connectivity index (χ3v) is 7.05. The standard InChI is InChI=1S/C13H11NOSe/c15-13-11-8-4-5-9-12(11)16(14-13)10-6-2-1-3-7-10/h1-9,16H,(H,14,15). The second-order valence-electron chi connectivity index (χ2n) is 3.63. The Hall–Kier alpha value is -1.57. The third kappa shape index (κ3) is 1.45. The molecule has 80 valence electrons. The fourth-order valence-corrected chi connectivity index (χ4v) is 6.00. The van der Waals surface area contributed by atoms with Gasteiger partial charge in [-0.3, -0.25) is 0 Å². The predicted molar refractivity (Wildman–Crippen MR) is 66.8 cm³/mol. The number of carbonyl (C=O) groups is 1. The Bertz CT molecular complexity index is 539. The number of nitrogens with one attached hydrogen (secondary N) is 1. The Labute approximate surface area is 98.4 Å². The van der Waals surface area contributed by atoms with Gasteiger partial charge >= 0.3 is 98.2 Å². The number of hydrogen-bond acceptors (Lipinski definition) is 1. The number of rotatable bonds is 1. The van der Waals surface area contributed by atoms with Gasteiger partial charge in [0.25, 0.3) is 0 Å². The molecule has 1 aliphatic rings. The first kappa shape index (κ1) is 9.64. The first-order valence-corrected chi connectivity index (χ1v) is 7.93. The minimum atomic E-state index is -1.57. The maximum atomic E-state index is 11.8. The van der Waals surface area contributed by atoms with Crippen molar-refractivity contribution in [3.8, 4) is 0 Å². The predicted octanol–water partition coefficient (Wildman–Crippen LogP) is 0.268. The molecular formula is C13H11NOSe. The molecule has 2 aromatic carbocycles. The van der Waals surface area contributed by atoms with E-state index >= 15 is 0 Å². The Balaban J connectivity index is 2.11. The summed E-state index contributed by atoms with van der Waals surface area (Å²) in [5, 5.41) is 0. The molecule has 3 heteroatoms. The number of benzene rings is 2. The van der Waals surface area contributed by atoms with E-state index in [9.17, 15) is 4.79 Å².